The summed E-state index contributed by atoms with van der Waals surface area (Å²) in [5.74, 6) is -0.248. The summed E-state index contributed by atoms with van der Waals surface area (Å²) in [5.41, 5.74) is 1.10. The first-order chi connectivity index (χ1) is 12.0. The van der Waals surface area contributed by atoms with Crippen molar-refractivity contribution in [3.05, 3.63) is 59.9 Å². The van der Waals surface area contributed by atoms with E-state index in [1.165, 1.54) is 17.9 Å². The summed E-state index contributed by atoms with van der Waals surface area (Å²) in [6.45, 7) is 1.56. The van der Waals surface area contributed by atoms with E-state index in [4.69, 9.17) is 4.74 Å². The zero-order chi connectivity index (χ0) is 18.2. The molecule has 0 bridgehead atoms. The molecule has 0 fully saturated rings. The fourth-order valence-corrected chi connectivity index (χ4v) is 2.38. The smallest absolute Gasteiger partial charge is 0.243 e. The summed E-state index contributed by atoms with van der Waals surface area (Å²) in [4.78, 5) is 25.3. The molecule has 0 radical (unpaired) electrons. The average molecular weight is 344 g/mol. The van der Waals surface area contributed by atoms with Crippen LogP contribution in [-0.4, -0.2) is 36.9 Å². The molecule has 0 heterocycles. The van der Waals surface area contributed by atoms with Crippen LogP contribution in [0.25, 0.3) is 0 Å². The van der Waals surface area contributed by atoms with Gasteiger partial charge in [0.05, 0.1) is 13.7 Å². The molecule has 0 aliphatic rings. The zero-order valence-corrected chi connectivity index (χ0v) is 14.3. The van der Waals surface area contributed by atoms with E-state index in [1.807, 2.05) is 0 Å². The van der Waals surface area contributed by atoms with Crippen molar-refractivity contribution in [1.82, 2.24) is 4.90 Å². The molecule has 1 N–H and O–H groups in total. The first-order valence-electron chi connectivity index (χ1n) is 7.92. The quantitative estimate of drug-likeness (QED) is 0.840. The van der Waals surface area contributed by atoms with Crippen LogP contribution in [-0.2, 0) is 16.0 Å². The van der Waals surface area contributed by atoms with Crippen molar-refractivity contribution < 1.29 is 18.7 Å². The van der Waals surface area contributed by atoms with Crippen molar-refractivity contribution >= 4 is 17.5 Å². The monoisotopic (exact) mass is 344 g/mol. The molecular weight excluding hydrogens is 323 g/mol. The van der Waals surface area contributed by atoms with Crippen LogP contribution < -0.4 is 10.1 Å². The first-order valence-corrected chi connectivity index (χ1v) is 7.92. The molecule has 0 saturated carbocycles. The number of anilines is 1. The van der Waals surface area contributed by atoms with Gasteiger partial charge in [-0.15, -0.1) is 0 Å². The molecule has 0 saturated heterocycles. The van der Waals surface area contributed by atoms with E-state index in [9.17, 15) is 14.0 Å². The molecule has 0 atom stereocenters. The number of rotatable bonds is 7. The van der Waals surface area contributed by atoms with Crippen LogP contribution in [0.1, 0.15) is 12.5 Å². The molecule has 2 aromatic carbocycles. The summed E-state index contributed by atoms with van der Waals surface area (Å²) >= 11 is 0. The normalized spacial score (nSPS) is 10.2. The summed E-state index contributed by atoms with van der Waals surface area (Å²) < 4.78 is 18.8. The SMILES string of the molecule is COc1cccc(NC(=O)CN(CCc2ccccc2F)C(C)=O)c1. The number of halogens is 1. The minimum atomic E-state index is -0.322. The third-order valence-corrected chi connectivity index (χ3v) is 3.74. The number of hydrogen-bond acceptors (Lipinski definition) is 3. The molecular formula is C19H21FN2O3. The maximum absolute atomic E-state index is 13.7. The number of nitrogens with zero attached hydrogens (tertiary/aromatic N) is 1. The highest BCUT2D eigenvalue weighted by atomic mass is 19.1. The van der Waals surface area contributed by atoms with Crippen molar-refractivity contribution in [2.45, 2.75) is 13.3 Å². The van der Waals surface area contributed by atoms with Gasteiger partial charge in [-0.05, 0) is 30.2 Å². The summed E-state index contributed by atoms with van der Waals surface area (Å²) in [6.07, 6.45) is 0.346. The van der Waals surface area contributed by atoms with Crippen molar-refractivity contribution in [3.8, 4) is 5.75 Å². The Bertz CT molecular complexity index is 749. The lowest BCUT2D eigenvalue weighted by atomic mass is 10.1. The van der Waals surface area contributed by atoms with Crippen LogP contribution in [0.5, 0.6) is 5.75 Å². The van der Waals surface area contributed by atoms with Crippen LogP contribution in [0.3, 0.4) is 0 Å². The fraction of sp³-hybridized carbons (Fsp3) is 0.263. The maximum Gasteiger partial charge on any atom is 0.243 e. The highest BCUT2D eigenvalue weighted by molar-refractivity contribution is 5.94. The van der Waals surface area contributed by atoms with Crippen LogP contribution in [0.15, 0.2) is 48.5 Å². The van der Waals surface area contributed by atoms with Gasteiger partial charge in [-0.2, -0.15) is 0 Å². The van der Waals surface area contributed by atoms with Crippen molar-refractivity contribution in [2.24, 2.45) is 0 Å². The van der Waals surface area contributed by atoms with E-state index in [0.717, 1.165) is 0 Å². The van der Waals surface area contributed by atoms with Gasteiger partial charge in [0.15, 0.2) is 0 Å². The second kappa shape index (κ2) is 8.82. The molecule has 2 rings (SSSR count). The van der Waals surface area contributed by atoms with Gasteiger partial charge in [0.1, 0.15) is 11.6 Å². The Morgan fingerprint density at radius 3 is 2.60 bits per heavy atom. The van der Waals surface area contributed by atoms with E-state index in [0.29, 0.717) is 23.4 Å². The summed E-state index contributed by atoms with van der Waals surface area (Å²) in [7, 11) is 1.54. The number of carbonyl (C=O) groups is 2. The van der Waals surface area contributed by atoms with Crippen LogP contribution in [0.4, 0.5) is 10.1 Å². The third kappa shape index (κ3) is 5.60. The predicted molar refractivity (Wildman–Crippen MR) is 94.0 cm³/mol. The van der Waals surface area contributed by atoms with Crippen LogP contribution in [0.2, 0.25) is 0 Å². The number of nitrogens with one attached hydrogen (secondary N) is 1. The van der Waals surface area contributed by atoms with Crippen molar-refractivity contribution in [2.75, 3.05) is 25.5 Å². The lowest BCUT2D eigenvalue weighted by Gasteiger charge is -2.20. The average Bonchev–Trinajstić information content (AvgIpc) is 2.59. The number of carbonyl (C=O) groups excluding carboxylic acids is 2. The Morgan fingerprint density at radius 2 is 1.92 bits per heavy atom. The van der Waals surface area contributed by atoms with Crippen molar-refractivity contribution in [3.63, 3.8) is 0 Å². The highest BCUT2D eigenvalue weighted by Crippen LogP contribution is 2.16. The Labute approximate surface area is 146 Å². The molecule has 5 nitrogen and oxygen atoms in total. The molecule has 132 valence electrons. The van der Waals surface area contributed by atoms with Crippen LogP contribution >= 0.6 is 0 Å². The molecule has 0 unspecified atom stereocenters. The molecule has 0 aliphatic carbocycles. The maximum atomic E-state index is 13.7. The second-order valence-electron chi connectivity index (χ2n) is 5.56. The summed E-state index contributed by atoms with van der Waals surface area (Å²) in [5, 5.41) is 2.72. The number of amides is 2. The second-order valence-corrected chi connectivity index (χ2v) is 5.56. The van der Waals surface area contributed by atoms with E-state index in [-0.39, 0.29) is 30.7 Å². The standard InChI is InChI=1S/C19H21FN2O3/c1-14(23)22(11-10-15-6-3-4-9-18(15)20)13-19(24)21-16-7-5-8-17(12-16)25-2/h3-9,12H,10-11,13H2,1-2H3,(H,21,24). The van der Waals surface area contributed by atoms with Gasteiger partial charge in [0.2, 0.25) is 11.8 Å². The molecule has 6 heteroatoms. The van der Waals surface area contributed by atoms with Gasteiger partial charge in [0.25, 0.3) is 0 Å². The Kier molecular flexibility index (Phi) is 6.51. The van der Waals surface area contributed by atoms with Gasteiger partial charge in [-0.3, -0.25) is 9.59 Å². The summed E-state index contributed by atoms with van der Waals surface area (Å²) in [6, 6.07) is 13.4. The number of benzene rings is 2. The minimum Gasteiger partial charge on any atom is -0.497 e. The fourth-order valence-electron chi connectivity index (χ4n) is 2.38. The minimum absolute atomic E-state index is 0.0962. The largest absolute Gasteiger partial charge is 0.497 e. The molecule has 2 amide bonds. The van der Waals surface area contributed by atoms with E-state index in [1.54, 1.807) is 49.6 Å². The molecule has 25 heavy (non-hydrogen) atoms. The number of ether oxygens (including phenoxy) is 1. The van der Waals surface area contributed by atoms with Gasteiger partial charge < -0.3 is 15.0 Å². The van der Waals surface area contributed by atoms with E-state index in [2.05, 4.69) is 5.32 Å². The Hall–Kier alpha value is -2.89. The van der Waals surface area contributed by atoms with Gasteiger partial charge in [-0.25, -0.2) is 4.39 Å². The Balaban J connectivity index is 1.95. The number of methoxy groups -OCH3 is 1. The van der Waals surface area contributed by atoms with Gasteiger partial charge in [0, 0.05) is 25.2 Å². The number of hydrogen-bond donors (Lipinski definition) is 1. The van der Waals surface area contributed by atoms with E-state index >= 15 is 0 Å². The predicted octanol–water partition coefficient (Wildman–Crippen LogP) is 2.86. The van der Waals surface area contributed by atoms with E-state index < -0.39 is 0 Å². The van der Waals surface area contributed by atoms with Crippen molar-refractivity contribution in [1.29, 1.82) is 0 Å². The van der Waals surface area contributed by atoms with Gasteiger partial charge >= 0.3 is 0 Å². The first kappa shape index (κ1) is 18.4. The lowest BCUT2D eigenvalue weighted by Crippen LogP contribution is -2.38. The highest BCUT2D eigenvalue weighted by Gasteiger charge is 2.15. The Morgan fingerprint density at radius 1 is 1.16 bits per heavy atom. The van der Waals surface area contributed by atoms with Gasteiger partial charge in [-0.1, -0.05) is 24.3 Å². The molecule has 0 spiro atoms. The lowest BCUT2D eigenvalue weighted by molar-refractivity contribution is -0.132. The molecule has 2 aromatic rings. The topological polar surface area (TPSA) is 58.6 Å². The molecule has 0 aliphatic heterocycles. The van der Waals surface area contributed by atoms with Crippen LogP contribution in [0, 0.1) is 5.82 Å². The molecule has 0 aromatic heterocycles. The zero-order valence-electron chi connectivity index (χ0n) is 14.3. The third-order valence-electron chi connectivity index (χ3n) is 3.74.